The third-order valence-electron chi connectivity index (χ3n) is 8.59. The molecule has 0 fully saturated rings. The van der Waals surface area contributed by atoms with Crippen LogP contribution in [0.3, 0.4) is 0 Å². The van der Waals surface area contributed by atoms with E-state index in [0.29, 0.717) is 0 Å². The lowest BCUT2D eigenvalue weighted by Crippen LogP contribution is -2.13. The lowest BCUT2D eigenvalue weighted by atomic mass is 10.1. The first kappa shape index (κ1) is 38.9. The van der Waals surface area contributed by atoms with Gasteiger partial charge in [-0.1, -0.05) is 185 Å². The van der Waals surface area contributed by atoms with Crippen LogP contribution < -0.4 is 0 Å². The van der Waals surface area contributed by atoms with Crippen molar-refractivity contribution in [3.8, 4) is 0 Å². The predicted octanol–water partition coefficient (Wildman–Crippen LogP) is 14.5. The van der Waals surface area contributed by atoms with Gasteiger partial charge >= 0.3 is 0 Å². The Morgan fingerprint density at radius 1 is 0.289 bits per heavy atom. The van der Waals surface area contributed by atoms with Crippen LogP contribution in [0.15, 0.2) is 0 Å². The van der Waals surface area contributed by atoms with Crippen LogP contribution in [-0.4, -0.2) is 30.0 Å². The molecule has 0 amide bonds. The summed E-state index contributed by atoms with van der Waals surface area (Å²) in [5.41, 5.74) is 0. The maximum Gasteiger partial charge on any atom is -0.000593 e. The van der Waals surface area contributed by atoms with Crippen molar-refractivity contribution >= 4 is 15.8 Å². The average Bonchev–Trinajstić information content (AvgIpc) is 2.93. The average molecular weight is 571 g/mol. The van der Waals surface area contributed by atoms with E-state index in [1.807, 2.05) is 0 Å². The van der Waals surface area contributed by atoms with Crippen LogP contribution in [0.4, 0.5) is 0 Å². The van der Waals surface area contributed by atoms with Crippen LogP contribution in [0.2, 0.25) is 0 Å². The highest BCUT2D eigenvalue weighted by Crippen LogP contribution is 2.61. The standard InChI is InChI=1S/C36H76P2/c1-6-11-15-19-23-27-32-37(33-28-24-20-16-12-7-2)36(31-10-5)38(34-29-25-21-17-13-8-3)35-30-26-22-18-14-9-4/h36H,6-35H2,1-5H3. The third kappa shape index (κ3) is 24.6. The van der Waals surface area contributed by atoms with Crippen molar-refractivity contribution in [1.82, 2.24) is 0 Å². The van der Waals surface area contributed by atoms with Gasteiger partial charge < -0.3 is 0 Å². The lowest BCUT2D eigenvalue weighted by Gasteiger charge is -2.36. The van der Waals surface area contributed by atoms with E-state index in [0.717, 1.165) is 5.40 Å². The first-order valence-corrected chi connectivity index (χ1v) is 21.8. The molecular formula is C36H76P2. The van der Waals surface area contributed by atoms with Gasteiger partial charge in [-0.2, -0.15) is 0 Å². The van der Waals surface area contributed by atoms with E-state index in [-0.39, 0.29) is 15.8 Å². The zero-order chi connectivity index (χ0) is 27.9. The number of rotatable bonds is 32. The zero-order valence-corrected chi connectivity index (χ0v) is 29.5. The molecule has 0 rings (SSSR count). The van der Waals surface area contributed by atoms with Crippen LogP contribution in [0.5, 0.6) is 0 Å². The van der Waals surface area contributed by atoms with Crippen molar-refractivity contribution in [3.63, 3.8) is 0 Å². The van der Waals surface area contributed by atoms with Gasteiger partial charge in [0, 0.05) is 0 Å². The monoisotopic (exact) mass is 571 g/mol. The van der Waals surface area contributed by atoms with Gasteiger partial charge in [0.25, 0.3) is 0 Å². The van der Waals surface area contributed by atoms with Crippen molar-refractivity contribution in [1.29, 1.82) is 0 Å². The van der Waals surface area contributed by atoms with Gasteiger partial charge in [0.15, 0.2) is 0 Å². The molecule has 0 bridgehead atoms. The molecule has 0 saturated carbocycles. The Labute approximate surface area is 247 Å². The van der Waals surface area contributed by atoms with Gasteiger partial charge in [0.1, 0.15) is 0 Å². The summed E-state index contributed by atoms with van der Waals surface area (Å²) in [6.45, 7) is 11.9. The second-order valence-corrected chi connectivity index (χ2v) is 18.2. The SMILES string of the molecule is CCCCCCCCP(CCCCCCCC)C(CCC)P(CCCCCCCC)CCCCCCCC. The summed E-state index contributed by atoms with van der Waals surface area (Å²) in [6, 6.07) is 0. The van der Waals surface area contributed by atoms with E-state index >= 15 is 0 Å². The second-order valence-electron chi connectivity index (χ2n) is 12.4. The fraction of sp³-hybridized carbons (Fsp3) is 1.00. The molecule has 0 nitrogen and oxygen atoms in total. The summed E-state index contributed by atoms with van der Waals surface area (Å²) in [4.78, 5) is 0. The second kappa shape index (κ2) is 32.4. The summed E-state index contributed by atoms with van der Waals surface area (Å²) >= 11 is 0. The molecule has 0 aromatic rings. The number of unbranched alkanes of at least 4 members (excludes halogenated alkanes) is 20. The highest BCUT2D eigenvalue weighted by Gasteiger charge is 2.27. The van der Waals surface area contributed by atoms with Crippen LogP contribution in [0, 0.1) is 0 Å². The van der Waals surface area contributed by atoms with Gasteiger partial charge in [0.2, 0.25) is 0 Å². The molecule has 0 radical (unpaired) electrons. The van der Waals surface area contributed by atoms with Crippen molar-refractivity contribution in [2.24, 2.45) is 0 Å². The molecule has 0 aliphatic carbocycles. The molecular weight excluding hydrogens is 494 g/mol. The van der Waals surface area contributed by atoms with Gasteiger partial charge in [-0.25, -0.2) is 0 Å². The maximum atomic E-state index is 2.50. The number of hydrogen-bond donors (Lipinski definition) is 0. The topological polar surface area (TPSA) is 0 Å². The summed E-state index contributed by atoms with van der Waals surface area (Å²) in [5, 5.41) is 1.14. The fourth-order valence-electron chi connectivity index (χ4n) is 6.05. The van der Waals surface area contributed by atoms with E-state index in [4.69, 9.17) is 0 Å². The molecule has 0 aliphatic rings. The largest absolute Gasteiger partial charge is 0.0991 e. The lowest BCUT2D eigenvalue weighted by molar-refractivity contribution is 0.619. The molecule has 0 aromatic heterocycles. The highest BCUT2D eigenvalue weighted by molar-refractivity contribution is 7.75. The van der Waals surface area contributed by atoms with Crippen LogP contribution >= 0.6 is 15.8 Å². The highest BCUT2D eigenvalue weighted by atomic mass is 31.2. The Kier molecular flexibility index (Phi) is 33.1. The van der Waals surface area contributed by atoms with E-state index in [2.05, 4.69) is 34.6 Å². The Balaban J connectivity index is 5.14. The minimum absolute atomic E-state index is 0.250. The molecule has 0 spiro atoms. The van der Waals surface area contributed by atoms with Crippen molar-refractivity contribution in [3.05, 3.63) is 0 Å². The molecule has 0 unspecified atom stereocenters. The number of hydrogen-bond acceptors (Lipinski definition) is 0. The molecule has 0 N–H and O–H groups in total. The summed E-state index contributed by atoms with van der Waals surface area (Å²) in [7, 11) is 0.500. The molecule has 0 aromatic carbocycles. The summed E-state index contributed by atoms with van der Waals surface area (Å²) in [5.74, 6) is 0. The van der Waals surface area contributed by atoms with Crippen LogP contribution in [0.1, 0.15) is 202 Å². The normalized spacial score (nSPS) is 12.0. The maximum absolute atomic E-state index is 2.50. The van der Waals surface area contributed by atoms with Crippen molar-refractivity contribution < 1.29 is 0 Å². The molecule has 0 saturated heterocycles. The Bertz CT molecular complexity index is 356. The predicted molar refractivity (Wildman–Crippen MR) is 186 cm³/mol. The van der Waals surface area contributed by atoms with Gasteiger partial charge in [-0.15, -0.1) is 0 Å². The van der Waals surface area contributed by atoms with Crippen molar-refractivity contribution in [2.45, 2.75) is 207 Å². The van der Waals surface area contributed by atoms with Crippen LogP contribution in [-0.2, 0) is 0 Å². The quantitative estimate of drug-likeness (QED) is 0.0557. The van der Waals surface area contributed by atoms with E-state index in [9.17, 15) is 0 Å². The molecule has 0 atom stereocenters. The fourth-order valence-corrected chi connectivity index (χ4v) is 14.7. The van der Waals surface area contributed by atoms with Gasteiger partial charge in [0.05, 0.1) is 0 Å². The first-order chi connectivity index (χ1) is 18.7. The van der Waals surface area contributed by atoms with Gasteiger partial charge in [-0.05, 0) is 62.2 Å². The Morgan fingerprint density at radius 3 is 0.763 bits per heavy atom. The van der Waals surface area contributed by atoms with Crippen molar-refractivity contribution in [2.75, 3.05) is 24.6 Å². The molecule has 0 aliphatic heterocycles. The summed E-state index contributed by atoms with van der Waals surface area (Å²) in [6.07, 6.45) is 44.9. The third-order valence-corrected chi connectivity index (χ3v) is 16.3. The first-order valence-electron chi connectivity index (χ1n) is 18.2. The van der Waals surface area contributed by atoms with Crippen LogP contribution in [0.25, 0.3) is 0 Å². The van der Waals surface area contributed by atoms with E-state index in [1.165, 1.54) is 135 Å². The smallest absolute Gasteiger partial charge is 0.000593 e. The summed E-state index contributed by atoms with van der Waals surface area (Å²) < 4.78 is 0. The Hall–Kier alpha value is 0.860. The molecule has 0 heterocycles. The molecule has 38 heavy (non-hydrogen) atoms. The van der Waals surface area contributed by atoms with Gasteiger partial charge in [-0.3, -0.25) is 0 Å². The zero-order valence-electron chi connectivity index (χ0n) is 27.7. The van der Waals surface area contributed by atoms with E-state index < -0.39 is 0 Å². The molecule has 230 valence electrons. The molecule has 2 heteroatoms. The Morgan fingerprint density at radius 2 is 0.526 bits per heavy atom. The van der Waals surface area contributed by atoms with E-state index in [1.54, 1.807) is 56.8 Å². The minimum Gasteiger partial charge on any atom is -0.0991 e. The minimum atomic E-state index is 0.250.